The lowest BCUT2D eigenvalue weighted by Crippen LogP contribution is -2.35. The summed E-state index contributed by atoms with van der Waals surface area (Å²) in [7, 11) is -6.43. The topological polar surface area (TPSA) is 270 Å². The van der Waals surface area contributed by atoms with Crippen LogP contribution in [0.15, 0.2) is 29.7 Å². The summed E-state index contributed by atoms with van der Waals surface area (Å²) in [5.74, 6) is -0.941. The van der Waals surface area contributed by atoms with Crippen molar-refractivity contribution in [1.82, 2.24) is 34.1 Å². The molecule has 0 radical (unpaired) electrons. The quantitative estimate of drug-likeness (QED) is 0.106. The van der Waals surface area contributed by atoms with Crippen molar-refractivity contribution in [2.75, 3.05) is 30.8 Å². The van der Waals surface area contributed by atoms with Crippen molar-refractivity contribution in [1.29, 1.82) is 0 Å². The summed E-state index contributed by atoms with van der Waals surface area (Å²) < 4.78 is 45.7. The van der Waals surface area contributed by atoms with Gasteiger partial charge in [0.25, 0.3) is 5.56 Å². The van der Waals surface area contributed by atoms with E-state index in [-0.39, 0.29) is 29.4 Å². The number of aliphatic hydroxyl groups excluding tert-OH is 2. The molecule has 22 heteroatoms. The highest BCUT2D eigenvalue weighted by atomic mass is 32.7. The molecule has 8 N–H and O–H groups in total. The van der Waals surface area contributed by atoms with Crippen LogP contribution < -0.4 is 17.0 Å². The number of anilines is 2. The normalized spacial score (nSPS) is 36.6. The molecular weight excluding hydrogens is 644 g/mol. The van der Waals surface area contributed by atoms with Gasteiger partial charge < -0.3 is 54.2 Å². The van der Waals surface area contributed by atoms with Gasteiger partial charge >= 0.3 is 7.60 Å². The molecule has 3 aliphatic rings. The number of hydrogen-bond donors (Lipinski definition) is 7. The minimum atomic E-state index is -4.42. The van der Waals surface area contributed by atoms with E-state index in [4.69, 9.17) is 34.5 Å². The van der Waals surface area contributed by atoms with E-state index in [1.165, 1.54) is 34.1 Å². The molecule has 3 fully saturated rings. The van der Waals surface area contributed by atoms with Gasteiger partial charge in [0.2, 0.25) is 13.5 Å². The Morgan fingerprint density at radius 2 is 1.86 bits per heavy atom. The zero-order valence-electron chi connectivity index (χ0n) is 22.4. The van der Waals surface area contributed by atoms with E-state index in [1.807, 2.05) is 0 Å². The zero-order chi connectivity index (χ0) is 30.9. The molecule has 10 unspecified atom stereocenters. The third-order valence-corrected chi connectivity index (χ3v) is 10.7. The highest BCUT2D eigenvalue weighted by Crippen LogP contribution is 2.53. The Balaban J connectivity index is 1.18. The lowest BCUT2D eigenvalue weighted by Gasteiger charge is -2.26. The fourth-order valence-corrected chi connectivity index (χ4v) is 8.47. The third kappa shape index (κ3) is 5.19. The molecule has 3 saturated heterocycles. The number of rotatable bonds is 2. The fraction of sp³-hybridized carbons (Fsp3) is 0.500. The van der Waals surface area contributed by atoms with Crippen LogP contribution >= 0.6 is 27.4 Å². The van der Waals surface area contributed by atoms with Crippen molar-refractivity contribution in [3.05, 3.63) is 35.3 Å². The number of hydrogen-bond acceptors (Lipinski definition) is 16. The minimum absolute atomic E-state index is 0.132. The molecule has 2 bridgehead atoms. The third-order valence-electron chi connectivity index (χ3n) is 7.81. The number of nitrogens with one attached hydrogen (secondary N) is 1. The average Bonchev–Trinajstić information content (AvgIpc) is 3.72. The van der Waals surface area contributed by atoms with Gasteiger partial charge in [-0.15, -0.1) is 0 Å². The van der Waals surface area contributed by atoms with Crippen LogP contribution in [0, 0.1) is 5.92 Å². The maximum absolute atomic E-state index is 13.3. The number of thiol groups is 1. The number of H-pyrrole nitrogens is 1. The number of nitrogens with two attached hydrogens (primary N) is 2. The zero-order valence-corrected chi connectivity index (χ0v) is 25.1. The maximum Gasteiger partial charge on any atom is 0.328 e. The van der Waals surface area contributed by atoms with Crippen LogP contribution in [0.5, 0.6) is 0 Å². The molecule has 236 valence electrons. The first kappa shape index (κ1) is 29.9. The number of aliphatic hydroxyl groups is 2. The van der Waals surface area contributed by atoms with E-state index >= 15 is 0 Å². The van der Waals surface area contributed by atoms with Gasteiger partial charge in [-0.05, 0) is 6.07 Å². The van der Waals surface area contributed by atoms with E-state index in [2.05, 4.69) is 37.2 Å². The van der Waals surface area contributed by atoms with Crippen molar-refractivity contribution in [2.24, 2.45) is 5.92 Å². The fourth-order valence-electron chi connectivity index (χ4n) is 5.71. The molecule has 4 aromatic rings. The summed E-state index contributed by atoms with van der Waals surface area (Å²) in [6.45, 7) is -0.721. The Kier molecular flexibility index (Phi) is 7.66. The van der Waals surface area contributed by atoms with E-state index < -0.39 is 82.4 Å². The van der Waals surface area contributed by atoms with Gasteiger partial charge in [0.05, 0.1) is 37.2 Å². The maximum atomic E-state index is 13.3. The Labute approximate surface area is 253 Å². The van der Waals surface area contributed by atoms with Gasteiger partial charge in [-0.2, -0.15) is 4.98 Å². The van der Waals surface area contributed by atoms with Crippen LogP contribution in [-0.2, 0) is 27.6 Å². The first-order valence-corrected chi connectivity index (χ1v) is 17.3. The first-order valence-electron chi connectivity index (χ1n) is 13.2. The molecule has 0 amide bonds. The Morgan fingerprint density at radius 3 is 2.68 bits per heavy atom. The number of fused-ring (bicyclic) bond motifs is 5. The smallest absolute Gasteiger partial charge is 0.328 e. The highest BCUT2D eigenvalue weighted by Gasteiger charge is 2.51. The van der Waals surface area contributed by atoms with E-state index in [1.54, 1.807) is 0 Å². The summed E-state index contributed by atoms with van der Waals surface area (Å²) in [6.07, 6.45) is -4.39. The molecule has 0 spiro atoms. The summed E-state index contributed by atoms with van der Waals surface area (Å²) in [4.78, 5) is 42.1. The average molecular weight is 672 g/mol. The van der Waals surface area contributed by atoms with Crippen molar-refractivity contribution in [2.45, 2.75) is 43.0 Å². The number of nitrogen functional groups attached to an aromatic ring is 2. The summed E-state index contributed by atoms with van der Waals surface area (Å²) >= 11 is 4.45. The molecule has 0 aromatic carbocycles. The van der Waals surface area contributed by atoms with Gasteiger partial charge in [-0.3, -0.25) is 18.9 Å². The molecule has 0 saturated carbocycles. The highest BCUT2D eigenvalue weighted by molar-refractivity contribution is 8.41. The van der Waals surface area contributed by atoms with Gasteiger partial charge in [0, 0.05) is 12.1 Å². The Bertz CT molecular complexity index is 1820. The largest absolute Gasteiger partial charge is 0.388 e. The van der Waals surface area contributed by atoms with E-state index in [0.29, 0.717) is 11.2 Å². The summed E-state index contributed by atoms with van der Waals surface area (Å²) in [5.41, 5.74) is 11.9. The SMILES string of the molecule is Nc1nc2c(ccn2C2OC3COP(=O)(O)CC4C(COP(S)OC2C3O)OC(n2cnc3c(N)ncnc32)C4O)c(=O)[nH]1. The number of nitrogens with zero attached hydrogens (tertiary/aromatic N) is 6. The number of imidazole rings is 1. The van der Waals surface area contributed by atoms with Crippen LogP contribution in [0.3, 0.4) is 0 Å². The van der Waals surface area contributed by atoms with Crippen molar-refractivity contribution < 1.29 is 42.7 Å². The molecule has 3 aliphatic heterocycles. The lowest BCUT2D eigenvalue weighted by atomic mass is 10.0. The first-order chi connectivity index (χ1) is 21.0. The van der Waals surface area contributed by atoms with Gasteiger partial charge in [0.15, 0.2) is 29.6 Å². The van der Waals surface area contributed by atoms with Gasteiger partial charge in [-0.25, -0.2) is 15.0 Å². The van der Waals surface area contributed by atoms with Crippen LogP contribution in [0.25, 0.3) is 22.2 Å². The number of aromatic nitrogens is 7. The summed E-state index contributed by atoms with van der Waals surface area (Å²) in [6, 6.07) is 1.50. The van der Waals surface area contributed by atoms with Crippen LogP contribution in [0.1, 0.15) is 12.5 Å². The lowest BCUT2D eigenvalue weighted by molar-refractivity contribution is -0.0512. The predicted octanol–water partition coefficient (Wildman–Crippen LogP) is -0.364. The second-order valence-corrected chi connectivity index (χ2v) is 14.3. The van der Waals surface area contributed by atoms with Crippen LogP contribution in [0.4, 0.5) is 11.8 Å². The van der Waals surface area contributed by atoms with Crippen molar-refractivity contribution in [3.63, 3.8) is 0 Å². The predicted molar refractivity (Wildman–Crippen MR) is 155 cm³/mol. The Hall–Kier alpha value is -2.74. The van der Waals surface area contributed by atoms with Crippen LogP contribution in [-0.4, -0.2) is 99.1 Å². The van der Waals surface area contributed by atoms with Gasteiger partial charge in [-0.1, -0.05) is 12.2 Å². The molecule has 19 nitrogen and oxygen atoms in total. The van der Waals surface area contributed by atoms with Crippen LogP contribution in [0.2, 0.25) is 0 Å². The molecule has 10 atom stereocenters. The second kappa shape index (κ2) is 11.3. The number of aromatic amines is 1. The molecule has 0 aliphatic carbocycles. The van der Waals surface area contributed by atoms with Crippen molar-refractivity contribution >= 4 is 61.4 Å². The molecule has 7 heterocycles. The molecule has 7 rings (SSSR count). The molecular formula is C22H27N9O10P2S. The van der Waals surface area contributed by atoms with Crippen molar-refractivity contribution in [3.8, 4) is 0 Å². The van der Waals surface area contributed by atoms with Gasteiger partial charge in [0.1, 0.15) is 36.3 Å². The minimum Gasteiger partial charge on any atom is -0.388 e. The Morgan fingerprint density at radius 1 is 1.07 bits per heavy atom. The molecule has 44 heavy (non-hydrogen) atoms. The number of ether oxygens (including phenoxy) is 2. The second-order valence-electron chi connectivity index (χ2n) is 10.5. The standard InChI is InChI=1S/C22H27N9O10P2S/c23-16-12-18(26-6-25-16)31(7-27-12)20-13(32)9-5-43(35,36)38-4-11-14(33)15(41-42(44)37-3-10(9)39-20)21(40-11)30-2-1-8-17(30)28-22(24)29-19(8)34/h1-2,6-7,9-11,13-15,20-21,32-33,44H,3-5H2,(H,35,36)(H2,23,25,26)(H3,24,28,29,34). The monoisotopic (exact) mass is 671 g/mol. The molecule has 4 aromatic heterocycles. The van der Waals surface area contributed by atoms with E-state index in [0.717, 1.165) is 0 Å². The van der Waals surface area contributed by atoms with E-state index in [9.17, 15) is 24.5 Å². The summed E-state index contributed by atoms with van der Waals surface area (Å²) in [5, 5.41) is 22.7.